The van der Waals surface area contributed by atoms with Crippen LogP contribution in [-0.2, 0) is 0 Å². The van der Waals surface area contributed by atoms with Gasteiger partial charge < -0.3 is 20.0 Å². The van der Waals surface area contributed by atoms with Crippen molar-refractivity contribution in [2.75, 3.05) is 62.3 Å². The van der Waals surface area contributed by atoms with Gasteiger partial charge >= 0.3 is 0 Å². The van der Waals surface area contributed by atoms with Crippen LogP contribution in [0.1, 0.15) is 93.8 Å². The van der Waals surface area contributed by atoms with Gasteiger partial charge in [-0.3, -0.25) is 29.0 Å². The molecule has 4 aliphatic heterocycles. The third kappa shape index (κ3) is 4.56. The fraction of sp³-hybridized carbons (Fsp3) is 0.429. The molecule has 0 radical (unpaired) electrons. The quantitative estimate of drug-likeness (QED) is 0.112. The molecule has 5 aromatic rings. The molecule has 268 valence electrons. The Kier molecular flexibility index (Phi) is 7.89. The van der Waals surface area contributed by atoms with Gasteiger partial charge in [-0.05, 0) is 99.2 Å². The summed E-state index contributed by atoms with van der Waals surface area (Å²) in [6.45, 7) is 7.54. The van der Waals surface area contributed by atoms with Crippen LogP contribution in [0.25, 0.3) is 43.1 Å². The van der Waals surface area contributed by atoms with E-state index in [4.69, 9.17) is 0 Å². The predicted molar refractivity (Wildman–Crippen MR) is 203 cm³/mol. The standard InChI is InChI=1S/C42H44N4O6/c1-3-45-39(49)27-7-5-25-36-32(44-17-11-24(12-18-44)14-20-48)22-30-34-28(40(50)46(4-2)42(30)52)8-6-26(38(34)36)35-31(21-29(41(45)51)33(27)37(25)35)43-15-9-23(10-16-43)13-19-47/h5-8,21-24,47-48H,3-4,9-20H2,1-2H3. The summed E-state index contributed by atoms with van der Waals surface area (Å²) in [4.78, 5) is 63.6. The number of anilines is 2. The smallest absolute Gasteiger partial charge is 0.261 e. The molecule has 2 saturated heterocycles. The fourth-order valence-electron chi connectivity index (χ4n) is 9.89. The normalized spacial score (nSPS) is 18.8. The predicted octanol–water partition coefficient (Wildman–Crippen LogP) is 6.17. The Hall–Kier alpha value is -4.80. The highest BCUT2D eigenvalue weighted by Crippen LogP contribution is 2.52. The Morgan fingerprint density at radius 1 is 0.519 bits per heavy atom. The molecule has 2 N–H and O–H groups in total. The second-order valence-corrected chi connectivity index (χ2v) is 15.1. The van der Waals surface area contributed by atoms with E-state index < -0.39 is 0 Å². The molecule has 10 nitrogen and oxygen atoms in total. The number of amides is 4. The van der Waals surface area contributed by atoms with Gasteiger partial charge in [-0.1, -0.05) is 12.1 Å². The van der Waals surface area contributed by atoms with Crippen LogP contribution in [0.4, 0.5) is 11.4 Å². The summed E-state index contributed by atoms with van der Waals surface area (Å²) in [5.74, 6) is -0.344. The summed E-state index contributed by atoms with van der Waals surface area (Å²) >= 11 is 0. The number of carbonyl (C=O) groups excluding carboxylic acids is 4. The van der Waals surface area contributed by atoms with E-state index in [2.05, 4.69) is 9.80 Å². The van der Waals surface area contributed by atoms with E-state index in [0.717, 1.165) is 108 Å². The first kappa shape index (κ1) is 33.1. The van der Waals surface area contributed by atoms with Crippen molar-refractivity contribution in [2.45, 2.75) is 52.4 Å². The Morgan fingerprint density at radius 2 is 0.885 bits per heavy atom. The first-order chi connectivity index (χ1) is 25.3. The van der Waals surface area contributed by atoms with E-state index in [9.17, 15) is 29.4 Å². The van der Waals surface area contributed by atoms with Crippen molar-refractivity contribution in [1.29, 1.82) is 0 Å². The van der Waals surface area contributed by atoms with Gasteiger partial charge in [0, 0.05) is 107 Å². The lowest BCUT2D eigenvalue weighted by Gasteiger charge is -2.38. The molecule has 9 rings (SSSR count). The zero-order valence-corrected chi connectivity index (χ0v) is 29.8. The number of aliphatic hydroxyl groups excluding tert-OH is 2. The van der Waals surface area contributed by atoms with E-state index in [1.54, 1.807) is 0 Å². The van der Waals surface area contributed by atoms with Crippen LogP contribution in [0, 0.1) is 11.8 Å². The topological polar surface area (TPSA) is 122 Å². The number of hydrogen-bond donors (Lipinski definition) is 2. The number of hydrogen-bond acceptors (Lipinski definition) is 8. The molecular formula is C42H44N4O6. The number of aliphatic hydroxyl groups is 2. The second-order valence-electron chi connectivity index (χ2n) is 15.1. The average Bonchev–Trinajstić information content (AvgIpc) is 3.16. The molecule has 4 amide bonds. The van der Waals surface area contributed by atoms with Crippen LogP contribution >= 0.6 is 0 Å². The van der Waals surface area contributed by atoms with Crippen molar-refractivity contribution in [2.24, 2.45) is 11.8 Å². The number of rotatable bonds is 8. The zero-order valence-electron chi connectivity index (χ0n) is 29.8. The Balaban J connectivity index is 1.42. The van der Waals surface area contributed by atoms with Crippen LogP contribution in [0.3, 0.4) is 0 Å². The maximum Gasteiger partial charge on any atom is 0.261 e. The third-order valence-corrected chi connectivity index (χ3v) is 12.6. The SMILES string of the molecule is CCN1C(=O)c2ccc3c4c(N5CCC(CCO)CC5)cc5c6c(ccc(c7c(N8CCC(CCO)CC8)cc(c2c37)C1=O)c64)C(=O)N(CC)C5=O. The molecule has 0 saturated carbocycles. The van der Waals surface area contributed by atoms with E-state index in [1.807, 2.05) is 50.2 Å². The van der Waals surface area contributed by atoms with Gasteiger partial charge in [0.15, 0.2) is 0 Å². The van der Waals surface area contributed by atoms with Gasteiger partial charge in [-0.25, -0.2) is 0 Å². The van der Waals surface area contributed by atoms with E-state index >= 15 is 0 Å². The number of imide groups is 2. The van der Waals surface area contributed by atoms with Crippen LogP contribution < -0.4 is 9.80 Å². The van der Waals surface area contributed by atoms with Gasteiger partial charge in [-0.15, -0.1) is 0 Å². The monoisotopic (exact) mass is 700 g/mol. The molecule has 0 spiro atoms. The van der Waals surface area contributed by atoms with Crippen molar-refractivity contribution in [3.63, 3.8) is 0 Å². The van der Waals surface area contributed by atoms with Gasteiger partial charge in [-0.2, -0.15) is 0 Å². The molecule has 0 atom stereocenters. The molecule has 0 aliphatic carbocycles. The number of piperidine rings is 2. The first-order valence-electron chi connectivity index (χ1n) is 19.0. The molecule has 2 fully saturated rings. The molecule has 4 aliphatic rings. The summed E-state index contributed by atoms with van der Waals surface area (Å²) < 4.78 is 0. The van der Waals surface area contributed by atoms with Crippen molar-refractivity contribution >= 4 is 78.1 Å². The summed E-state index contributed by atoms with van der Waals surface area (Å²) in [5, 5.41) is 26.1. The van der Waals surface area contributed by atoms with E-state index in [0.29, 0.717) is 44.9 Å². The highest BCUT2D eigenvalue weighted by molar-refractivity contribution is 6.44. The van der Waals surface area contributed by atoms with Gasteiger partial charge in [0.05, 0.1) is 11.1 Å². The van der Waals surface area contributed by atoms with Gasteiger partial charge in [0.2, 0.25) is 0 Å². The van der Waals surface area contributed by atoms with Crippen LogP contribution in [0.2, 0.25) is 0 Å². The summed E-state index contributed by atoms with van der Waals surface area (Å²) in [5.41, 5.74) is 3.90. The maximum atomic E-state index is 14.2. The minimum Gasteiger partial charge on any atom is -0.396 e. The summed E-state index contributed by atoms with van der Waals surface area (Å²) in [6, 6.07) is 11.7. The molecule has 0 aromatic heterocycles. The maximum absolute atomic E-state index is 14.2. The summed E-state index contributed by atoms with van der Waals surface area (Å²) in [7, 11) is 0. The largest absolute Gasteiger partial charge is 0.396 e. The molecule has 5 aromatic carbocycles. The molecular weight excluding hydrogens is 656 g/mol. The minimum absolute atomic E-state index is 0.162. The average molecular weight is 701 g/mol. The van der Waals surface area contributed by atoms with Gasteiger partial charge in [0.1, 0.15) is 0 Å². The fourth-order valence-corrected chi connectivity index (χ4v) is 9.89. The van der Waals surface area contributed by atoms with Crippen LogP contribution in [0.15, 0.2) is 36.4 Å². The highest BCUT2D eigenvalue weighted by atomic mass is 16.3. The minimum atomic E-state index is -0.298. The Bertz CT molecular complexity index is 2170. The van der Waals surface area contributed by atoms with Crippen LogP contribution in [-0.4, -0.2) is 96.1 Å². The Morgan fingerprint density at radius 3 is 1.23 bits per heavy atom. The lowest BCUT2D eigenvalue weighted by Crippen LogP contribution is -2.41. The lowest BCUT2D eigenvalue weighted by molar-refractivity contribution is 0.0603. The van der Waals surface area contributed by atoms with Crippen LogP contribution in [0.5, 0.6) is 0 Å². The number of benzene rings is 5. The van der Waals surface area contributed by atoms with E-state index in [1.165, 1.54) is 9.80 Å². The molecule has 52 heavy (non-hydrogen) atoms. The molecule has 0 unspecified atom stereocenters. The summed E-state index contributed by atoms with van der Waals surface area (Å²) in [6.07, 6.45) is 5.17. The molecule has 10 heteroatoms. The molecule has 0 bridgehead atoms. The van der Waals surface area contributed by atoms with E-state index in [-0.39, 0.29) is 49.9 Å². The van der Waals surface area contributed by atoms with Crippen molar-refractivity contribution in [1.82, 2.24) is 9.80 Å². The number of nitrogens with zero attached hydrogens (tertiary/aromatic N) is 4. The molecule has 4 heterocycles. The first-order valence-corrected chi connectivity index (χ1v) is 19.0. The van der Waals surface area contributed by atoms with Crippen molar-refractivity contribution < 1.29 is 29.4 Å². The van der Waals surface area contributed by atoms with Gasteiger partial charge in [0.25, 0.3) is 23.6 Å². The number of fused-ring (bicyclic) bond motifs is 2. The third-order valence-electron chi connectivity index (χ3n) is 12.6. The Labute approximate surface area is 301 Å². The number of carbonyl (C=O) groups is 4. The van der Waals surface area contributed by atoms with Crippen molar-refractivity contribution in [3.05, 3.63) is 58.7 Å². The zero-order chi connectivity index (χ0) is 36.0. The highest BCUT2D eigenvalue weighted by Gasteiger charge is 2.39. The lowest BCUT2D eigenvalue weighted by atomic mass is 9.80. The van der Waals surface area contributed by atoms with Crippen molar-refractivity contribution in [3.8, 4) is 0 Å². The second kappa shape index (κ2) is 12.4.